The molecule has 0 saturated carbocycles. The van der Waals surface area contributed by atoms with Gasteiger partial charge in [0, 0.05) is 21.1 Å². The van der Waals surface area contributed by atoms with E-state index in [1.165, 1.54) is 0 Å². The first-order chi connectivity index (χ1) is 8.00. The average Bonchev–Trinajstić information content (AvgIpc) is 1.62. The van der Waals surface area contributed by atoms with Crippen molar-refractivity contribution >= 4 is 31.3 Å². The molecule has 6 N–H and O–H groups in total. The largest absolute Gasteiger partial charge is 2.00 e. The van der Waals surface area contributed by atoms with Crippen LogP contribution in [0.5, 0.6) is 0 Å². The molecule has 0 spiro atoms. The molecule has 19 nitrogen and oxygen atoms in total. The van der Waals surface area contributed by atoms with Crippen LogP contribution in [-0.2, 0) is 97.8 Å². The molecule has 0 aliphatic rings. The minimum absolute atomic E-state index is 0. The molecule has 0 aliphatic carbocycles. The van der Waals surface area contributed by atoms with Gasteiger partial charge in [0.05, 0.1) is 0 Å². The second-order valence-corrected chi connectivity index (χ2v) is 5.37. The normalized spacial score (nSPS) is 8.74. The average molecular weight is 726 g/mol. The van der Waals surface area contributed by atoms with Crippen LogP contribution in [0.15, 0.2) is 0 Å². The number of phosphoric acid groups is 4. The van der Waals surface area contributed by atoms with E-state index in [0.717, 1.165) is 0 Å². The molecule has 0 saturated heterocycles. The van der Waals surface area contributed by atoms with Crippen molar-refractivity contribution in [1.29, 1.82) is 0 Å². The monoisotopic (exact) mass is 724 g/mol. The molecule has 0 aromatic rings. The second kappa shape index (κ2) is 31.1. The summed E-state index contributed by atoms with van der Waals surface area (Å²) in [5.41, 5.74) is 0. The maximum absolute atomic E-state index is 8.55. The van der Waals surface area contributed by atoms with E-state index in [1.807, 2.05) is 0 Å². The van der Waals surface area contributed by atoms with E-state index in [2.05, 4.69) is 0 Å². The van der Waals surface area contributed by atoms with Gasteiger partial charge in [0.2, 0.25) is 0 Å². The zero-order chi connectivity index (χ0) is 18.0. The van der Waals surface area contributed by atoms with Gasteiger partial charge in [-0.2, -0.15) is 31.3 Å². The fourth-order valence-electron chi connectivity index (χ4n) is 0. The van der Waals surface area contributed by atoms with Gasteiger partial charge in [-0.1, -0.05) is 0 Å². The van der Waals surface area contributed by atoms with Crippen molar-refractivity contribution in [3.63, 3.8) is 0 Å². The molecule has 0 bridgehead atoms. The van der Waals surface area contributed by atoms with Crippen molar-refractivity contribution in [3.05, 3.63) is 0 Å². The standard InChI is InChI=1S/Mo.4H3O4P.3H2O.3Zn/c;4*1-5(2,3)4;;;;;;/h;4*(H3,1,2,3,4);3*1H2;;;/q;;;;;;;;3*+2/p-12. The van der Waals surface area contributed by atoms with Gasteiger partial charge in [0.15, 0.2) is 0 Å². The summed E-state index contributed by atoms with van der Waals surface area (Å²) in [4.78, 5) is 103. The van der Waals surface area contributed by atoms with Crippen LogP contribution in [0.25, 0.3) is 0 Å². The van der Waals surface area contributed by atoms with E-state index in [0.29, 0.717) is 0 Å². The molecule has 0 aromatic heterocycles. The maximum Gasteiger partial charge on any atom is 2.00 e. The van der Waals surface area contributed by atoms with Crippen LogP contribution in [0.1, 0.15) is 0 Å². The summed E-state index contributed by atoms with van der Waals surface area (Å²) in [6.07, 6.45) is 0. The molecule has 0 aromatic carbocycles. The second-order valence-electron chi connectivity index (χ2n) is 1.79. The minimum Gasteiger partial charge on any atom is -0.822 e. The first kappa shape index (κ1) is 69.9. The van der Waals surface area contributed by atoms with Gasteiger partial charge < -0.3 is 93.4 Å². The molecule has 0 radical (unpaired) electrons. The molecule has 0 heterocycles. The Morgan fingerprint density at radius 3 is 0.333 bits per heavy atom. The van der Waals surface area contributed by atoms with Gasteiger partial charge in [-0.05, 0) is 0 Å². The Balaban J connectivity index is -0.0000000129. The summed E-state index contributed by atoms with van der Waals surface area (Å²) in [7, 11) is -21.6. The predicted molar refractivity (Wildman–Crippen MR) is 41.3 cm³/mol. The third-order valence-electron chi connectivity index (χ3n) is 0. The number of hydrogen-bond acceptors (Lipinski definition) is 16. The summed E-state index contributed by atoms with van der Waals surface area (Å²) in [5.74, 6) is 0. The van der Waals surface area contributed by atoms with Crippen molar-refractivity contribution in [3.8, 4) is 0 Å². The van der Waals surface area contributed by atoms with Gasteiger partial charge in [-0.3, -0.25) is 0 Å². The third-order valence-corrected chi connectivity index (χ3v) is 0. The van der Waals surface area contributed by atoms with Gasteiger partial charge in [0.1, 0.15) is 0 Å². The van der Waals surface area contributed by atoms with E-state index in [-0.39, 0.29) is 95.9 Å². The Bertz CT molecular complexity index is 300. The molecule has 27 heteroatoms. The Morgan fingerprint density at radius 1 is 0.333 bits per heavy atom. The Morgan fingerprint density at radius 2 is 0.333 bits per heavy atom. The molecule has 0 fully saturated rings. The molecular formula is H6MoO19P4Zn3-6. The summed E-state index contributed by atoms with van der Waals surface area (Å²) in [6, 6.07) is 0. The number of hydrogen-bond donors (Lipinski definition) is 0. The van der Waals surface area contributed by atoms with Crippen molar-refractivity contribution in [2.24, 2.45) is 0 Å². The molecular weight excluding hydrogens is 720 g/mol. The van der Waals surface area contributed by atoms with E-state index in [4.69, 9.17) is 77.0 Å². The van der Waals surface area contributed by atoms with Crippen molar-refractivity contribution < 1.29 is 173 Å². The molecule has 0 rings (SSSR count). The SMILES string of the molecule is O.O.O.O=P([O-])([O-])[O-].O=P([O-])([O-])[O-].O=P([O-])([O-])[O-].O=P([O-])([O-])[O-].[Mo].[Zn+2].[Zn+2].[Zn+2]. The van der Waals surface area contributed by atoms with Crippen LogP contribution in [0.2, 0.25) is 0 Å². The van der Waals surface area contributed by atoms with Crippen LogP contribution >= 0.6 is 31.3 Å². The zero-order valence-electron chi connectivity index (χ0n) is 12.4. The topological polar surface area (TPSA) is 440 Å². The van der Waals surface area contributed by atoms with Crippen LogP contribution in [0, 0.1) is 0 Å². The molecule has 27 heavy (non-hydrogen) atoms. The zero-order valence-corrected chi connectivity index (χ0v) is 26.8. The van der Waals surface area contributed by atoms with Gasteiger partial charge >= 0.3 is 58.4 Å². The Kier molecular flexibility index (Phi) is 80.4. The van der Waals surface area contributed by atoms with E-state index < -0.39 is 31.3 Å². The van der Waals surface area contributed by atoms with E-state index in [9.17, 15) is 0 Å². The molecule has 0 aliphatic heterocycles. The maximum atomic E-state index is 8.55. The van der Waals surface area contributed by atoms with Gasteiger partial charge in [-0.25, -0.2) is 0 Å². The molecule has 0 atom stereocenters. The number of rotatable bonds is 0. The summed E-state index contributed by atoms with van der Waals surface area (Å²) >= 11 is 0. The Labute approximate surface area is 203 Å². The minimum atomic E-state index is -5.39. The van der Waals surface area contributed by atoms with Crippen molar-refractivity contribution in [2.75, 3.05) is 0 Å². The van der Waals surface area contributed by atoms with Crippen LogP contribution in [-0.4, -0.2) is 16.4 Å². The van der Waals surface area contributed by atoms with Gasteiger partial charge in [0.25, 0.3) is 0 Å². The van der Waals surface area contributed by atoms with Crippen molar-refractivity contribution in [2.45, 2.75) is 0 Å². The molecule has 158 valence electrons. The van der Waals surface area contributed by atoms with Crippen LogP contribution < -0.4 is 58.7 Å². The van der Waals surface area contributed by atoms with Crippen LogP contribution in [0.3, 0.4) is 0 Å². The first-order valence-electron chi connectivity index (χ1n) is 2.92. The molecule has 0 unspecified atom stereocenters. The van der Waals surface area contributed by atoms with Crippen molar-refractivity contribution in [1.82, 2.24) is 0 Å². The Hall–Kier alpha value is 2.88. The van der Waals surface area contributed by atoms with Crippen LogP contribution in [0.4, 0.5) is 0 Å². The fourth-order valence-corrected chi connectivity index (χ4v) is 0. The smallest absolute Gasteiger partial charge is 0.822 e. The molecule has 0 amide bonds. The third kappa shape index (κ3) is 2520. The van der Waals surface area contributed by atoms with Gasteiger partial charge in [-0.15, -0.1) is 0 Å². The first-order valence-corrected chi connectivity index (χ1v) is 8.76. The summed E-state index contributed by atoms with van der Waals surface area (Å²) < 4.78 is 34.2. The van der Waals surface area contributed by atoms with E-state index >= 15 is 0 Å². The fraction of sp³-hybridized carbons (Fsp3) is 0. The predicted octanol–water partition coefficient (Wildman–Crippen LogP) is -13.8. The van der Waals surface area contributed by atoms with E-state index in [1.54, 1.807) is 0 Å². The summed E-state index contributed by atoms with van der Waals surface area (Å²) in [5, 5.41) is 0. The quantitative estimate of drug-likeness (QED) is 0.165. The summed E-state index contributed by atoms with van der Waals surface area (Å²) in [6.45, 7) is 0.